The van der Waals surface area contributed by atoms with Gasteiger partial charge in [0.1, 0.15) is 18.0 Å². The highest BCUT2D eigenvalue weighted by molar-refractivity contribution is 7.99. The van der Waals surface area contributed by atoms with Gasteiger partial charge in [-0.1, -0.05) is 36.0 Å². The van der Waals surface area contributed by atoms with Crippen LogP contribution in [-0.2, 0) is 31.2 Å². The highest BCUT2D eigenvalue weighted by Gasteiger charge is 2.30. The molecule has 0 atom stereocenters. The average Bonchev–Trinajstić information content (AvgIpc) is 3.39. The van der Waals surface area contributed by atoms with E-state index in [1.165, 1.54) is 16.8 Å². The van der Waals surface area contributed by atoms with Crippen LogP contribution in [0.25, 0.3) is 5.69 Å². The van der Waals surface area contributed by atoms with Crippen LogP contribution in [0.2, 0.25) is 0 Å². The summed E-state index contributed by atoms with van der Waals surface area (Å²) >= 11 is 1.12. The van der Waals surface area contributed by atoms with E-state index in [1.54, 1.807) is 35.4 Å². The molecule has 0 aliphatic rings. The maximum Gasteiger partial charge on any atom is 0.416 e. The van der Waals surface area contributed by atoms with Crippen LogP contribution >= 0.6 is 11.8 Å². The van der Waals surface area contributed by atoms with E-state index in [-0.39, 0.29) is 29.4 Å². The van der Waals surface area contributed by atoms with Gasteiger partial charge in [-0.3, -0.25) is 14.3 Å². The van der Waals surface area contributed by atoms with Gasteiger partial charge in [0.2, 0.25) is 5.91 Å². The van der Waals surface area contributed by atoms with Crippen molar-refractivity contribution in [2.75, 3.05) is 11.1 Å². The lowest BCUT2D eigenvalue weighted by Crippen LogP contribution is -2.23. The number of halogens is 3. The number of anilines is 1. The SMILES string of the molecule is CCn1c(COc2cccc(C(F)(F)F)c2)nnc1SCC(=O)Nc1c(C)n(C)n(-c2ccccc2)c1=O. The minimum Gasteiger partial charge on any atom is -0.486 e. The molecule has 0 spiro atoms. The molecule has 0 saturated carbocycles. The molecule has 2 aromatic carbocycles. The number of hydrogen-bond donors (Lipinski definition) is 1. The van der Waals surface area contributed by atoms with Gasteiger partial charge in [0.25, 0.3) is 5.56 Å². The summed E-state index contributed by atoms with van der Waals surface area (Å²) in [4.78, 5) is 25.7. The normalized spacial score (nSPS) is 11.5. The second kappa shape index (κ2) is 11.2. The standard InChI is InChI=1S/C25H25F3N6O3S/c1-4-33-20(14-37-19-12-8-9-17(13-19)25(26,27)28)30-31-24(33)38-15-21(35)29-22-16(2)32(3)34(23(22)36)18-10-6-5-7-11-18/h5-13H,4,14-15H2,1-3H3,(H,29,35). The molecule has 1 N–H and O–H groups in total. The van der Waals surface area contributed by atoms with E-state index in [4.69, 9.17) is 4.74 Å². The third-order valence-electron chi connectivity index (χ3n) is 5.79. The first-order valence-electron chi connectivity index (χ1n) is 11.6. The summed E-state index contributed by atoms with van der Waals surface area (Å²) in [7, 11) is 1.74. The summed E-state index contributed by atoms with van der Waals surface area (Å²) in [6.07, 6.45) is -4.47. The second-order valence-corrected chi connectivity index (χ2v) is 9.17. The molecule has 0 radical (unpaired) electrons. The van der Waals surface area contributed by atoms with E-state index in [0.29, 0.717) is 28.9 Å². The molecule has 0 saturated heterocycles. The summed E-state index contributed by atoms with van der Waals surface area (Å²) < 4.78 is 49.2. The van der Waals surface area contributed by atoms with Crippen LogP contribution in [0.5, 0.6) is 5.75 Å². The van der Waals surface area contributed by atoms with E-state index in [2.05, 4.69) is 15.5 Å². The fraction of sp³-hybridized carbons (Fsp3) is 0.280. The molecule has 4 rings (SSSR count). The number of carbonyl (C=O) groups is 1. The predicted molar refractivity (Wildman–Crippen MR) is 137 cm³/mol. The third-order valence-corrected chi connectivity index (χ3v) is 6.76. The number of ether oxygens (including phenoxy) is 1. The number of alkyl halides is 3. The lowest BCUT2D eigenvalue weighted by atomic mass is 10.2. The van der Waals surface area contributed by atoms with Gasteiger partial charge in [-0.15, -0.1) is 10.2 Å². The van der Waals surface area contributed by atoms with Crippen molar-refractivity contribution in [3.8, 4) is 11.4 Å². The Labute approximate surface area is 220 Å². The Balaban J connectivity index is 1.41. The molecule has 0 bridgehead atoms. The van der Waals surface area contributed by atoms with Crippen molar-refractivity contribution in [2.24, 2.45) is 7.05 Å². The number of benzene rings is 2. The second-order valence-electron chi connectivity index (χ2n) is 8.23. The molecule has 200 valence electrons. The zero-order valence-electron chi connectivity index (χ0n) is 20.8. The zero-order chi connectivity index (χ0) is 27.4. The van der Waals surface area contributed by atoms with Gasteiger partial charge in [0, 0.05) is 13.6 Å². The van der Waals surface area contributed by atoms with Crippen molar-refractivity contribution in [1.29, 1.82) is 0 Å². The summed E-state index contributed by atoms with van der Waals surface area (Å²) in [6, 6.07) is 13.7. The third kappa shape index (κ3) is 5.77. The fourth-order valence-corrected chi connectivity index (χ4v) is 4.60. The predicted octanol–water partition coefficient (Wildman–Crippen LogP) is 4.42. The van der Waals surface area contributed by atoms with Crippen LogP contribution in [0.4, 0.5) is 18.9 Å². The Morgan fingerprint density at radius 2 is 1.84 bits per heavy atom. The summed E-state index contributed by atoms with van der Waals surface area (Å²) in [5.74, 6) is 0.0236. The number of carbonyl (C=O) groups excluding carboxylic acids is 1. The number of nitrogens with one attached hydrogen (secondary N) is 1. The van der Waals surface area contributed by atoms with E-state index in [0.717, 1.165) is 23.9 Å². The van der Waals surface area contributed by atoms with Gasteiger partial charge >= 0.3 is 6.18 Å². The number of para-hydroxylation sites is 1. The van der Waals surface area contributed by atoms with Gasteiger partial charge in [-0.05, 0) is 44.2 Å². The molecule has 0 aliphatic heterocycles. The van der Waals surface area contributed by atoms with Crippen molar-refractivity contribution in [3.63, 3.8) is 0 Å². The average molecular weight is 547 g/mol. The van der Waals surface area contributed by atoms with Crippen LogP contribution < -0.4 is 15.6 Å². The molecular formula is C25H25F3N6O3S. The zero-order valence-corrected chi connectivity index (χ0v) is 21.6. The van der Waals surface area contributed by atoms with E-state index < -0.39 is 17.6 Å². The summed E-state index contributed by atoms with van der Waals surface area (Å²) in [5, 5.41) is 11.3. The number of nitrogens with zero attached hydrogens (tertiary/aromatic N) is 5. The number of aromatic nitrogens is 5. The maximum atomic E-state index is 13.0. The Morgan fingerprint density at radius 1 is 1.11 bits per heavy atom. The van der Waals surface area contributed by atoms with Crippen molar-refractivity contribution in [1.82, 2.24) is 24.1 Å². The van der Waals surface area contributed by atoms with Gasteiger partial charge in [0.05, 0.1) is 22.7 Å². The maximum absolute atomic E-state index is 13.0. The number of hydrogen-bond acceptors (Lipinski definition) is 6. The first-order valence-corrected chi connectivity index (χ1v) is 12.6. The molecule has 2 aromatic heterocycles. The first kappa shape index (κ1) is 27.0. The lowest BCUT2D eigenvalue weighted by Gasteiger charge is -2.11. The quantitative estimate of drug-likeness (QED) is 0.312. The Kier molecular flexibility index (Phi) is 7.95. The number of amides is 1. The minimum atomic E-state index is -4.47. The highest BCUT2D eigenvalue weighted by Crippen LogP contribution is 2.31. The number of thioether (sulfide) groups is 1. The van der Waals surface area contributed by atoms with Crippen LogP contribution in [0.3, 0.4) is 0 Å². The molecular weight excluding hydrogens is 521 g/mol. The van der Waals surface area contributed by atoms with Crippen LogP contribution in [-0.4, -0.2) is 35.8 Å². The molecule has 13 heteroatoms. The van der Waals surface area contributed by atoms with Crippen molar-refractivity contribution in [3.05, 3.63) is 82.0 Å². The molecule has 9 nitrogen and oxygen atoms in total. The summed E-state index contributed by atoms with van der Waals surface area (Å²) in [6.45, 7) is 3.95. The fourth-order valence-electron chi connectivity index (χ4n) is 3.78. The van der Waals surface area contributed by atoms with Gasteiger partial charge in [-0.25, -0.2) is 4.68 Å². The van der Waals surface area contributed by atoms with Crippen molar-refractivity contribution >= 4 is 23.4 Å². The van der Waals surface area contributed by atoms with Gasteiger partial charge in [0.15, 0.2) is 11.0 Å². The van der Waals surface area contributed by atoms with Crippen molar-refractivity contribution in [2.45, 2.75) is 38.3 Å². The Bertz CT molecular complexity index is 1490. The molecule has 1 amide bonds. The van der Waals surface area contributed by atoms with Crippen LogP contribution in [0.1, 0.15) is 24.0 Å². The highest BCUT2D eigenvalue weighted by atomic mass is 32.2. The minimum absolute atomic E-state index is 0.0360. The number of rotatable bonds is 9. The Hall–Kier alpha value is -4.00. The van der Waals surface area contributed by atoms with E-state index in [1.807, 2.05) is 25.1 Å². The van der Waals surface area contributed by atoms with Gasteiger partial charge < -0.3 is 14.6 Å². The monoisotopic (exact) mass is 546 g/mol. The molecule has 2 heterocycles. The topological polar surface area (TPSA) is 96.0 Å². The van der Waals surface area contributed by atoms with Crippen molar-refractivity contribution < 1.29 is 22.7 Å². The lowest BCUT2D eigenvalue weighted by molar-refractivity contribution is -0.137. The van der Waals surface area contributed by atoms with Crippen LogP contribution in [0, 0.1) is 6.92 Å². The molecule has 4 aromatic rings. The molecule has 38 heavy (non-hydrogen) atoms. The largest absolute Gasteiger partial charge is 0.486 e. The first-order chi connectivity index (χ1) is 18.1. The van der Waals surface area contributed by atoms with E-state index in [9.17, 15) is 22.8 Å². The smallest absolute Gasteiger partial charge is 0.416 e. The van der Waals surface area contributed by atoms with Gasteiger partial charge in [-0.2, -0.15) is 13.2 Å². The molecule has 0 unspecified atom stereocenters. The molecule has 0 fully saturated rings. The summed E-state index contributed by atoms with van der Waals surface area (Å²) in [5.41, 5.74) is 0.310. The van der Waals surface area contributed by atoms with Crippen LogP contribution in [0.15, 0.2) is 64.5 Å². The van der Waals surface area contributed by atoms with E-state index >= 15 is 0 Å². The molecule has 0 aliphatic carbocycles. The Morgan fingerprint density at radius 3 is 2.53 bits per heavy atom.